The highest BCUT2D eigenvalue weighted by molar-refractivity contribution is 8.01. The minimum absolute atomic E-state index is 2.18. The molecule has 10 heavy (non-hydrogen) atoms. The van der Waals surface area contributed by atoms with Crippen molar-refractivity contribution >= 4 is 21.6 Å². The standard InChI is InChI=1S/C2H2O7S/c3-1(4)9-10(7,8)2(5)6/h(H,3,4)(H,5,6). The Morgan fingerprint density at radius 1 is 1.20 bits per heavy atom. The quantitative estimate of drug-likeness (QED) is 0.478. The first kappa shape index (κ1) is 8.69. The molecule has 0 bridgehead atoms. The van der Waals surface area contributed by atoms with Gasteiger partial charge < -0.3 is 14.4 Å². The largest absolute Gasteiger partial charge is 0.522 e. The summed E-state index contributed by atoms with van der Waals surface area (Å²) >= 11 is 0. The molecule has 7 nitrogen and oxygen atoms in total. The van der Waals surface area contributed by atoms with Crippen LogP contribution in [0.1, 0.15) is 0 Å². The Balaban J connectivity index is 4.46. The van der Waals surface area contributed by atoms with E-state index in [1.807, 2.05) is 0 Å². The maximum Gasteiger partial charge on any atom is 0.522 e. The van der Waals surface area contributed by atoms with Crippen LogP contribution in [0, 0.1) is 0 Å². The van der Waals surface area contributed by atoms with Crippen molar-refractivity contribution in [2.75, 3.05) is 0 Å². The first-order chi connectivity index (χ1) is 4.36. The van der Waals surface area contributed by atoms with Gasteiger partial charge in [0.1, 0.15) is 0 Å². The summed E-state index contributed by atoms with van der Waals surface area (Å²) in [5, 5.41) is 13.0. The SMILES string of the molecule is O=C(O)OS(=O)(=O)C(=O)O. The predicted molar refractivity (Wildman–Crippen MR) is 26.1 cm³/mol. The van der Waals surface area contributed by atoms with Gasteiger partial charge in [0.2, 0.25) is 0 Å². The van der Waals surface area contributed by atoms with E-state index in [4.69, 9.17) is 10.2 Å². The Hall–Kier alpha value is -1.31. The summed E-state index contributed by atoms with van der Waals surface area (Å²) in [6.45, 7) is 0. The highest BCUT2D eigenvalue weighted by atomic mass is 32.2. The minimum Gasteiger partial charge on any atom is -0.467 e. The molecule has 0 aliphatic heterocycles. The van der Waals surface area contributed by atoms with Gasteiger partial charge in [-0.15, -0.1) is 0 Å². The van der Waals surface area contributed by atoms with Crippen molar-refractivity contribution in [2.24, 2.45) is 0 Å². The van der Waals surface area contributed by atoms with Gasteiger partial charge in [-0.25, -0.2) is 9.59 Å². The molecule has 8 heteroatoms. The van der Waals surface area contributed by atoms with Gasteiger partial charge in [-0.05, 0) is 0 Å². The molecule has 0 unspecified atom stereocenters. The zero-order valence-corrected chi connectivity index (χ0v) is 5.16. The monoisotopic (exact) mass is 170 g/mol. The van der Waals surface area contributed by atoms with Crippen LogP contribution in [-0.2, 0) is 14.3 Å². The maximum absolute atomic E-state index is 9.94. The van der Waals surface area contributed by atoms with Gasteiger partial charge in [-0.3, -0.25) is 0 Å². The molecule has 0 saturated heterocycles. The summed E-state index contributed by atoms with van der Waals surface area (Å²) in [7, 11) is -4.98. The predicted octanol–water partition coefficient (Wildman–Crippen LogP) is -0.311. The van der Waals surface area contributed by atoms with Crippen molar-refractivity contribution in [2.45, 2.75) is 0 Å². The fraction of sp³-hybridized carbons (Fsp3) is 0. The van der Waals surface area contributed by atoms with Gasteiger partial charge in [0.05, 0.1) is 0 Å². The Bertz CT molecular complexity index is 247. The molecule has 0 atom stereocenters. The van der Waals surface area contributed by atoms with Crippen LogP contribution < -0.4 is 0 Å². The van der Waals surface area contributed by atoms with Crippen molar-refractivity contribution in [1.29, 1.82) is 0 Å². The first-order valence-electron chi connectivity index (χ1n) is 1.76. The Morgan fingerprint density at radius 3 is 1.70 bits per heavy atom. The molecule has 0 aromatic rings. The molecule has 0 aliphatic carbocycles. The molecule has 0 aromatic carbocycles. The summed E-state index contributed by atoms with van der Waals surface area (Å²) in [5.74, 6) is 0. The molecule has 0 amide bonds. The van der Waals surface area contributed by atoms with Crippen molar-refractivity contribution < 1.29 is 32.4 Å². The summed E-state index contributed by atoms with van der Waals surface area (Å²) < 4.78 is 22.9. The molecule has 2 N–H and O–H groups in total. The molecular weight excluding hydrogens is 168 g/mol. The van der Waals surface area contributed by atoms with Crippen molar-refractivity contribution in [3.63, 3.8) is 0 Å². The summed E-state index contributed by atoms with van der Waals surface area (Å²) in [5.41, 5.74) is 0. The van der Waals surface area contributed by atoms with Crippen LogP contribution in [-0.4, -0.2) is 30.1 Å². The van der Waals surface area contributed by atoms with Gasteiger partial charge in [-0.2, -0.15) is 8.42 Å². The molecule has 0 aromatic heterocycles. The Labute approximate surface area is 55.0 Å². The topological polar surface area (TPSA) is 118 Å². The van der Waals surface area contributed by atoms with Crippen LogP contribution >= 0.6 is 0 Å². The number of hydrogen-bond donors (Lipinski definition) is 2. The lowest BCUT2D eigenvalue weighted by Gasteiger charge is -1.92. The number of carbonyl (C=O) groups is 2. The number of hydrogen-bond acceptors (Lipinski definition) is 5. The van der Waals surface area contributed by atoms with Crippen LogP contribution in [0.25, 0.3) is 0 Å². The summed E-state index contributed by atoms with van der Waals surface area (Å²) in [6.07, 6.45) is -2.18. The number of carboxylic acid groups (broad SMARTS) is 2. The van der Waals surface area contributed by atoms with Gasteiger partial charge in [-0.1, -0.05) is 0 Å². The van der Waals surface area contributed by atoms with E-state index < -0.39 is 21.6 Å². The molecule has 0 fully saturated rings. The van der Waals surface area contributed by atoms with E-state index in [0.717, 1.165) is 0 Å². The molecule has 0 rings (SSSR count). The molecule has 0 heterocycles. The summed E-state index contributed by atoms with van der Waals surface area (Å²) in [6, 6.07) is 0. The van der Waals surface area contributed by atoms with Gasteiger partial charge in [0.15, 0.2) is 0 Å². The third-order valence-electron chi connectivity index (χ3n) is 0.395. The van der Waals surface area contributed by atoms with Crippen LogP contribution in [0.4, 0.5) is 9.59 Å². The second kappa shape index (κ2) is 2.52. The van der Waals surface area contributed by atoms with Crippen molar-refractivity contribution in [3.8, 4) is 0 Å². The normalized spacial score (nSPS) is 10.4. The average Bonchev–Trinajstić information content (AvgIpc) is 1.60. The van der Waals surface area contributed by atoms with E-state index in [0.29, 0.717) is 0 Å². The van der Waals surface area contributed by atoms with Gasteiger partial charge in [0, 0.05) is 0 Å². The van der Waals surface area contributed by atoms with Crippen LogP contribution in [0.2, 0.25) is 0 Å². The molecule has 0 spiro atoms. The lowest BCUT2D eigenvalue weighted by molar-refractivity contribution is 0.145. The Kier molecular flexibility index (Phi) is 2.19. The van der Waals surface area contributed by atoms with E-state index in [2.05, 4.69) is 4.18 Å². The van der Waals surface area contributed by atoms with E-state index in [1.165, 1.54) is 0 Å². The fourth-order valence-electron chi connectivity index (χ4n) is 0.129. The van der Waals surface area contributed by atoms with Crippen LogP contribution in [0.3, 0.4) is 0 Å². The molecular formula is C2H2O7S. The first-order valence-corrected chi connectivity index (χ1v) is 3.17. The zero-order valence-electron chi connectivity index (χ0n) is 4.34. The zero-order chi connectivity index (χ0) is 8.36. The molecule has 0 radical (unpaired) electrons. The van der Waals surface area contributed by atoms with Gasteiger partial charge in [0.25, 0.3) is 0 Å². The van der Waals surface area contributed by atoms with Gasteiger partial charge >= 0.3 is 21.6 Å². The lowest BCUT2D eigenvalue weighted by Crippen LogP contribution is -2.18. The number of rotatable bonds is 0. The molecule has 58 valence electrons. The summed E-state index contributed by atoms with van der Waals surface area (Å²) in [4.78, 5) is 19.0. The van der Waals surface area contributed by atoms with Crippen molar-refractivity contribution in [1.82, 2.24) is 0 Å². The second-order valence-corrected chi connectivity index (χ2v) is 2.49. The third-order valence-corrected chi connectivity index (χ3v) is 1.18. The minimum atomic E-state index is -4.98. The third kappa shape index (κ3) is 2.31. The fourth-order valence-corrected chi connectivity index (χ4v) is 0.388. The van der Waals surface area contributed by atoms with Crippen molar-refractivity contribution in [3.05, 3.63) is 0 Å². The van der Waals surface area contributed by atoms with Crippen LogP contribution in [0.5, 0.6) is 0 Å². The Morgan fingerprint density at radius 2 is 1.60 bits per heavy atom. The second-order valence-electron chi connectivity index (χ2n) is 1.07. The van der Waals surface area contributed by atoms with E-state index in [1.54, 1.807) is 0 Å². The average molecular weight is 170 g/mol. The molecule has 0 aliphatic rings. The van der Waals surface area contributed by atoms with E-state index in [-0.39, 0.29) is 0 Å². The van der Waals surface area contributed by atoms with Crippen LogP contribution in [0.15, 0.2) is 0 Å². The highest BCUT2D eigenvalue weighted by Crippen LogP contribution is 1.93. The smallest absolute Gasteiger partial charge is 0.467 e. The molecule has 0 saturated carbocycles. The highest BCUT2D eigenvalue weighted by Gasteiger charge is 2.25. The van der Waals surface area contributed by atoms with E-state index in [9.17, 15) is 18.0 Å². The lowest BCUT2D eigenvalue weighted by atomic mass is 11.5. The maximum atomic E-state index is 9.94. The van der Waals surface area contributed by atoms with E-state index >= 15 is 0 Å².